The van der Waals surface area contributed by atoms with Gasteiger partial charge in [-0.25, -0.2) is 0 Å². The minimum atomic E-state index is -2.43. The smallest absolute Gasteiger partial charge is 0.203 e. The second-order valence-corrected chi connectivity index (χ2v) is 5.06. The molecule has 0 aliphatic rings. The Morgan fingerprint density at radius 1 is 1.40 bits per heavy atom. The van der Waals surface area contributed by atoms with E-state index in [1.807, 2.05) is 0 Å². The lowest BCUT2D eigenvalue weighted by molar-refractivity contribution is -0.109. The van der Waals surface area contributed by atoms with Gasteiger partial charge in [-0.2, -0.15) is 0 Å². The topological polar surface area (TPSA) is 43.4 Å². The van der Waals surface area contributed by atoms with Gasteiger partial charge in [0.2, 0.25) is 7.37 Å². The van der Waals surface area contributed by atoms with E-state index in [9.17, 15) is 9.36 Å². The average molecular weight is 164 g/mol. The third kappa shape index (κ3) is 3.14. The van der Waals surface area contributed by atoms with Crippen LogP contribution in [0.3, 0.4) is 0 Å². The van der Waals surface area contributed by atoms with E-state index in [1.165, 1.54) is 0 Å². The SMILES string of the molecule is CCP(=O)(CC)OCC=O. The molecule has 0 aromatic heterocycles. The molecule has 0 fully saturated rings. The fraction of sp³-hybridized carbons (Fsp3) is 0.833. The van der Waals surface area contributed by atoms with Gasteiger partial charge < -0.3 is 9.32 Å². The predicted molar refractivity (Wildman–Crippen MR) is 40.7 cm³/mol. The summed E-state index contributed by atoms with van der Waals surface area (Å²) in [6, 6.07) is 0. The van der Waals surface area contributed by atoms with Gasteiger partial charge in [0.15, 0.2) is 0 Å². The van der Waals surface area contributed by atoms with Gasteiger partial charge in [0.25, 0.3) is 0 Å². The number of hydrogen-bond donors (Lipinski definition) is 0. The van der Waals surface area contributed by atoms with Crippen molar-refractivity contribution >= 4 is 13.7 Å². The molecule has 0 rings (SSSR count). The van der Waals surface area contributed by atoms with Crippen LogP contribution in [0, 0.1) is 0 Å². The van der Waals surface area contributed by atoms with E-state index in [2.05, 4.69) is 0 Å². The van der Waals surface area contributed by atoms with Crippen LogP contribution in [0.15, 0.2) is 0 Å². The van der Waals surface area contributed by atoms with E-state index in [0.29, 0.717) is 18.6 Å². The Labute approximate surface area is 61.2 Å². The van der Waals surface area contributed by atoms with Crippen molar-refractivity contribution in [3.05, 3.63) is 0 Å². The Balaban J connectivity index is 3.81. The van der Waals surface area contributed by atoms with Crippen LogP contribution in [0.25, 0.3) is 0 Å². The Bertz CT molecular complexity index is 136. The molecule has 0 aliphatic heterocycles. The molecule has 0 saturated carbocycles. The Kier molecular flexibility index (Phi) is 4.58. The Morgan fingerprint density at radius 2 is 1.90 bits per heavy atom. The van der Waals surface area contributed by atoms with Crippen molar-refractivity contribution in [1.29, 1.82) is 0 Å². The van der Waals surface area contributed by atoms with Gasteiger partial charge in [-0.3, -0.25) is 4.57 Å². The van der Waals surface area contributed by atoms with Crippen LogP contribution in [-0.2, 0) is 13.9 Å². The van der Waals surface area contributed by atoms with Gasteiger partial charge in [0.05, 0.1) is 0 Å². The van der Waals surface area contributed by atoms with Crippen LogP contribution in [0.5, 0.6) is 0 Å². The van der Waals surface area contributed by atoms with Gasteiger partial charge in [-0.05, 0) is 0 Å². The second kappa shape index (κ2) is 4.64. The summed E-state index contributed by atoms with van der Waals surface area (Å²) < 4.78 is 16.2. The molecule has 0 radical (unpaired) electrons. The van der Waals surface area contributed by atoms with Crippen molar-refractivity contribution in [3.8, 4) is 0 Å². The molecule has 0 aliphatic carbocycles. The van der Waals surface area contributed by atoms with E-state index < -0.39 is 7.37 Å². The average Bonchev–Trinajstić information content (AvgIpc) is 2.00. The molecule has 0 amide bonds. The zero-order chi connectivity index (χ0) is 8.04. The zero-order valence-electron chi connectivity index (χ0n) is 6.37. The summed E-state index contributed by atoms with van der Waals surface area (Å²) in [6.07, 6.45) is 1.65. The molecule has 4 heteroatoms. The van der Waals surface area contributed by atoms with E-state index in [4.69, 9.17) is 4.52 Å². The molecule has 0 atom stereocenters. The molecule has 0 saturated heterocycles. The van der Waals surface area contributed by atoms with Crippen molar-refractivity contribution in [2.75, 3.05) is 18.9 Å². The van der Waals surface area contributed by atoms with Crippen LogP contribution in [0.4, 0.5) is 0 Å². The van der Waals surface area contributed by atoms with Crippen molar-refractivity contribution in [3.63, 3.8) is 0 Å². The normalized spacial score (nSPS) is 11.4. The summed E-state index contributed by atoms with van der Waals surface area (Å²) >= 11 is 0. The number of carbonyl (C=O) groups is 1. The lowest BCUT2D eigenvalue weighted by Gasteiger charge is -2.11. The van der Waals surface area contributed by atoms with Crippen molar-refractivity contribution in [2.24, 2.45) is 0 Å². The van der Waals surface area contributed by atoms with E-state index in [1.54, 1.807) is 13.8 Å². The van der Waals surface area contributed by atoms with Crippen LogP contribution in [0.1, 0.15) is 13.8 Å². The fourth-order valence-corrected chi connectivity index (χ4v) is 1.72. The van der Waals surface area contributed by atoms with Crippen LogP contribution >= 0.6 is 7.37 Å². The first-order valence-electron chi connectivity index (χ1n) is 3.34. The Hall–Kier alpha value is -0.140. The summed E-state index contributed by atoms with van der Waals surface area (Å²) in [7, 11) is -2.43. The number of aldehydes is 1. The molecule has 0 bridgehead atoms. The largest absolute Gasteiger partial charge is 0.321 e. The monoisotopic (exact) mass is 164 g/mol. The zero-order valence-corrected chi connectivity index (χ0v) is 7.27. The molecule has 0 heterocycles. The first-order valence-corrected chi connectivity index (χ1v) is 5.34. The van der Waals surface area contributed by atoms with Crippen molar-refractivity contribution in [1.82, 2.24) is 0 Å². The molecule has 0 aromatic carbocycles. The molecule has 60 valence electrons. The molecule has 3 nitrogen and oxygen atoms in total. The highest BCUT2D eigenvalue weighted by atomic mass is 31.2. The fourth-order valence-electron chi connectivity index (χ4n) is 0.572. The minimum Gasteiger partial charge on any atom is -0.321 e. The van der Waals surface area contributed by atoms with Gasteiger partial charge in [-0.1, -0.05) is 13.8 Å². The van der Waals surface area contributed by atoms with Crippen LogP contribution in [-0.4, -0.2) is 25.2 Å². The van der Waals surface area contributed by atoms with E-state index >= 15 is 0 Å². The number of carbonyl (C=O) groups excluding carboxylic acids is 1. The molecular formula is C6H13O3P. The molecule has 10 heavy (non-hydrogen) atoms. The second-order valence-electron chi connectivity index (χ2n) is 1.91. The van der Waals surface area contributed by atoms with Crippen LogP contribution in [0.2, 0.25) is 0 Å². The first-order chi connectivity index (χ1) is 4.68. The maximum absolute atomic E-state index is 11.3. The van der Waals surface area contributed by atoms with E-state index in [-0.39, 0.29) is 6.61 Å². The molecule has 0 unspecified atom stereocenters. The number of rotatable bonds is 5. The maximum atomic E-state index is 11.3. The third-order valence-electron chi connectivity index (χ3n) is 1.34. The predicted octanol–water partition coefficient (Wildman–Crippen LogP) is 1.52. The highest BCUT2D eigenvalue weighted by Gasteiger charge is 2.16. The quantitative estimate of drug-likeness (QED) is 0.457. The van der Waals surface area contributed by atoms with Crippen molar-refractivity contribution < 1.29 is 13.9 Å². The summed E-state index contributed by atoms with van der Waals surface area (Å²) in [5.41, 5.74) is 0. The van der Waals surface area contributed by atoms with Gasteiger partial charge in [0, 0.05) is 12.3 Å². The highest BCUT2D eigenvalue weighted by molar-refractivity contribution is 7.58. The van der Waals surface area contributed by atoms with Crippen molar-refractivity contribution in [2.45, 2.75) is 13.8 Å². The van der Waals surface area contributed by atoms with Crippen LogP contribution < -0.4 is 0 Å². The van der Waals surface area contributed by atoms with E-state index in [0.717, 1.165) is 0 Å². The Morgan fingerprint density at radius 3 is 2.20 bits per heavy atom. The molecule has 0 aromatic rings. The van der Waals surface area contributed by atoms with Gasteiger partial charge in [0.1, 0.15) is 12.9 Å². The first kappa shape index (κ1) is 9.86. The summed E-state index contributed by atoms with van der Waals surface area (Å²) in [4.78, 5) is 9.84. The highest BCUT2D eigenvalue weighted by Crippen LogP contribution is 2.45. The summed E-state index contributed by atoms with van der Waals surface area (Å²) in [5.74, 6) is 0. The summed E-state index contributed by atoms with van der Waals surface area (Å²) in [5, 5.41) is 0. The molecular weight excluding hydrogens is 151 g/mol. The minimum absolute atomic E-state index is 0.0427. The number of hydrogen-bond acceptors (Lipinski definition) is 3. The van der Waals surface area contributed by atoms with Gasteiger partial charge in [-0.15, -0.1) is 0 Å². The standard InChI is InChI=1S/C6H13O3P/c1-3-10(8,4-2)9-6-5-7/h5H,3-4,6H2,1-2H3. The lowest BCUT2D eigenvalue weighted by atomic mass is 10.9. The summed E-state index contributed by atoms with van der Waals surface area (Å²) in [6.45, 7) is 3.56. The molecule has 0 N–H and O–H groups in total. The lowest BCUT2D eigenvalue weighted by Crippen LogP contribution is -1.97. The third-order valence-corrected chi connectivity index (χ3v) is 3.89. The molecule has 0 spiro atoms. The maximum Gasteiger partial charge on any atom is 0.203 e. The van der Waals surface area contributed by atoms with Gasteiger partial charge >= 0.3 is 0 Å².